The van der Waals surface area contributed by atoms with Crippen molar-refractivity contribution in [2.45, 2.75) is 47.6 Å². The third-order valence-electron chi connectivity index (χ3n) is 5.37. The number of esters is 1. The number of carbonyl (C=O) groups is 1. The van der Waals surface area contributed by atoms with Gasteiger partial charge >= 0.3 is 5.97 Å². The van der Waals surface area contributed by atoms with E-state index in [-0.39, 0.29) is 16.9 Å². The van der Waals surface area contributed by atoms with Crippen LogP contribution >= 0.6 is 0 Å². The van der Waals surface area contributed by atoms with Gasteiger partial charge in [-0.25, -0.2) is 4.79 Å². The van der Waals surface area contributed by atoms with Crippen molar-refractivity contribution in [2.24, 2.45) is 11.8 Å². The number of hydrogen-bond acceptors (Lipinski definition) is 7. The molecule has 2 aromatic carbocycles. The summed E-state index contributed by atoms with van der Waals surface area (Å²) in [5.41, 5.74) is 1.01. The van der Waals surface area contributed by atoms with Gasteiger partial charge in [0.15, 0.2) is 0 Å². The molecule has 0 saturated heterocycles. The topological polar surface area (TPSA) is 89.2 Å². The van der Waals surface area contributed by atoms with E-state index in [9.17, 15) is 14.7 Å². The minimum Gasteiger partial charge on any atom is -0.507 e. The molecule has 0 bridgehead atoms. The molecule has 0 amide bonds. The molecule has 1 heterocycles. The fourth-order valence-corrected chi connectivity index (χ4v) is 3.98. The maximum Gasteiger partial charge on any atom is 0.338 e. The zero-order valence-corrected chi connectivity index (χ0v) is 21.2. The normalized spacial score (nSPS) is 11.5. The average Bonchev–Trinajstić information content (AvgIpc) is 2.80. The third kappa shape index (κ3) is 6.85. The zero-order valence-electron chi connectivity index (χ0n) is 21.2. The zero-order chi connectivity index (χ0) is 25.5. The number of nitrogens with zero attached hydrogens (tertiary/aromatic N) is 1. The molecule has 0 unspecified atom stereocenters. The third-order valence-corrected chi connectivity index (χ3v) is 5.37. The van der Waals surface area contributed by atoms with Crippen molar-refractivity contribution in [1.29, 1.82) is 0 Å². The van der Waals surface area contributed by atoms with Crippen molar-refractivity contribution in [3.05, 3.63) is 64.0 Å². The van der Waals surface area contributed by atoms with Crippen molar-refractivity contribution in [3.8, 4) is 17.2 Å². The first-order chi connectivity index (χ1) is 16.7. The second-order valence-corrected chi connectivity index (χ2v) is 9.61. The molecular formula is C28H35NO6. The van der Waals surface area contributed by atoms with Crippen LogP contribution < -0.4 is 10.2 Å². The Morgan fingerprint density at radius 3 is 2.29 bits per heavy atom. The molecule has 1 N–H and O–H groups in total. The second-order valence-electron chi connectivity index (χ2n) is 9.61. The van der Waals surface area contributed by atoms with Gasteiger partial charge < -0.3 is 19.0 Å². The summed E-state index contributed by atoms with van der Waals surface area (Å²) in [7, 11) is 0. The van der Waals surface area contributed by atoms with E-state index in [0.29, 0.717) is 52.8 Å². The summed E-state index contributed by atoms with van der Waals surface area (Å²) in [5.74, 6) is 1.02. The predicted octanol–water partition coefficient (Wildman–Crippen LogP) is 5.97. The largest absolute Gasteiger partial charge is 0.507 e. The molecule has 1 aromatic heterocycles. The fraction of sp³-hybridized carbons (Fsp3) is 0.429. The van der Waals surface area contributed by atoms with Gasteiger partial charge in [0.25, 0.3) is 0 Å². The van der Waals surface area contributed by atoms with Gasteiger partial charge in [0.05, 0.1) is 23.1 Å². The molecule has 0 aliphatic heterocycles. The lowest BCUT2D eigenvalue weighted by atomic mass is 10.1. The number of carbonyl (C=O) groups excluding carboxylic acids is 1. The van der Waals surface area contributed by atoms with Crippen LogP contribution in [0.15, 0.2) is 51.9 Å². The minimum atomic E-state index is -0.403. The molecule has 0 radical (unpaired) electrons. The Kier molecular flexibility index (Phi) is 8.93. The molecule has 0 fully saturated rings. The van der Waals surface area contributed by atoms with E-state index in [1.165, 1.54) is 12.3 Å². The number of ether oxygens (including phenoxy) is 2. The molecule has 0 spiro atoms. The van der Waals surface area contributed by atoms with Crippen LogP contribution in [0.5, 0.6) is 17.2 Å². The van der Waals surface area contributed by atoms with Gasteiger partial charge in [-0.15, -0.1) is 0 Å². The summed E-state index contributed by atoms with van der Waals surface area (Å²) in [6.07, 6.45) is 2.02. The van der Waals surface area contributed by atoms with Crippen LogP contribution in [0.4, 0.5) is 0 Å². The molecule has 0 saturated carbocycles. The highest BCUT2D eigenvalue weighted by Gasteiger charge is 2.19. The van der Waals surface area contributed by atoms with Crippen molar-refractivity contribution in [1.82, 2.24) is 4.90 Å². The Morgan fingerprint density at radius 1 is 1.03 bits per heavy atom. The minimum absolute atomic E-state index is 0.0247. The van der Waals surface area contributed by atoms with E-state index in [1.54, 1.807) is 30.3 Å². The van der Waals surface area contributed by atoms with Gasteiger partial charge in [-0.3, -0.25) is 9.69 Å². The van der Waals surface area contributed by atoms with Crippen LogP contribution in [-0.4, -0.2) is 35.7 Å². The van der Waals surface area contributed by atoms with E-state index in [0.717, 1.165) is 19.5 Å². The fourth-order valence-electron chi connectivity index (χ4n) is 3.98. The van der Waals surface area contributed by atoms with Crippen LogP contribution in [0.3, 0.4) is 0 Å². The summed E-state index contributed by atoms with van der Waals surface area (Å²) in [6.45, 7) is 13.1. The lowest BCUT2D eigenvalue weighted by Gasteiger charge is -2.26. The number of aromatic hydroxyl groups is 1. The predicted molar refractivity (Wildman–Crippen MR) is 136 cm³/mol. The van der Waals surface area contributed by atoms with Gasteiger partial charge in [-0.1, -0.05) is 34.6 Å². The average molecular weight is 482 g/mol. The Morgan fingerprint density at radius 2 is 1.69 bits per heavy atom. The summed E-state index contributed by atoms with van der Waals surface area (Å²) in [5, 5.41) is 10.9. The number of phenolic OH excluding ortho intramolecular Hbond substituents is 1. The second kappa shape index (κ2) is 11.9. The highest BCUT2D eigenvalue weighted by molar-refractivity contribution is 5.89. The molecule has 0 aliphatic carbocycles. The molecule has 7 heteroatoms. The van der Waals surface area contributed by atoms with Crippen molar-refractivity contribution in [3.63, 3.8) is 0 Å². The van der Waals surface area contributed by atoms with Crippen molar-refractivity contribution < 1.29 is 23.8 Å². The van der Waals surface area contributed by atoms with Gasteiger partial charge in [0.2, 0.25) is 11.2 Å². The SMILES string of the molecule is CCCOC(=O)c1ccc(Oc2coc3c(CN(CC(C)C)CC(C)C)c(O)ccc3c2=O)cc1. The molecule has 0 atom stereocenters. The standard InChI is InChI=1S/C28H35NO6/c1-6-13-33-28(32)20-7-9-21(10-8-20)35-25-17-34-27-22(26(25)31)11-12-24(30)23(27)16-29(14-18(2)3)15-19(4)5/h7-12,17-19,30H,6,13-16H2,1-5H3. The number of fused-ring (bicyclic) bond motifs is 1. The smallest absolute Gasteiger partial charge is 0.338 e. The number of rotatable bonds is 11. The molecular weight excluding hydrogens is 446 g/mol. The molecule has 3 rings (SSSR count). The molecule has 35 heavy (non-hydrogen) atoms. The van der Waals surface area contributed by atoms with E-state index in [4.69, 9.17) is 13.9 Å². The summed E-state index contributed by atoms with van der Waals surface area (Å²) >= 11 is 0. The van der Waals surface area contributed by atoms with Crippen LogP contribution in [0.25, 0.3) is 11.0 Å². The lowest BCUT2D eigenvalue weighted by molar-refractivity contribution is 0.0505. The summed E-state index contributed by atoms with van der Waals surface area (Å²) in [4.78, 5) is 27.4. The van der Waals surface area contributed by atoms with E-state index >= 15 is 0 Å². The number of hydrogen-bond donors (Lipinski definition) is 1. The Bertz CT molecular complexity index is 1190. The van der Waals surface area contributed by atoms with Crippen LogP contribution in [0.1, 0.15) is 57.0 Å². The highest BCUT2D eigenvalue weighted by atomic mass is 16.5. The Labute approximate surface area is 206 Å². The highest BCUT2D eigenvalue weighted by Crippen LogP contribution is 2.30. The van der Waals surface area contributed by atoms with Gasteiger partial charge in [0, 0.05) is 19.6 Å². The molecule has 0 aliphatic rings. The van der Waals surface area contributed by atoms with Gasteiger partial charge in [-0.2, -0.15) is 0 Å². The van der Waals surface area contributed by atoms with Crippen molar-refractivity contribution >= 4 is 16.9 Å². The number of benzene rings is 2. The first-order valence-electron chi connectivity index (χ1n) is 12.1. The molecule has 7 nitrogen and oxygen atoms in total. The maximum atomic E-state index is 13.2. The monoisotopic (exact) mass is 481 g/mol. The van der Waals surface area contributed by atoms with Crippen LogP contribution in [0, 0.1) is 11.8 Å². The quantitative estimate of drug-likeness (QED) is 0.337. The van der Waals surface area contributed by atoms with Gasteiger partial charge in [0.1, 0.15) is 23.3 Å². The summed E-state index contributed by atoms with van der Waals surface area (Å²) in [6, 6.07) is 9.45. The van der Waals surface area contributed by atoms with E-state index in [1.807, 2.05) is 6.92 Å². The first kappa shape index (κ1) is 26.3. The summed E-state index contributed by atoms with van der Waals surface area (Å²) < 4.78 is 16.7. The lowest BCUT2D eigenvalue weighted by Crippen LogP contribution is -2.31. The van der Waals surface area contributed by atoms with Crippen molar-refractivity contribution in [2.75, 3.05) is 19.7 Å². The first-order valence-corrected chi connectivity index (χ1v) is 12.1. The maximum absolute atomic E-state index is 13.2. The van der Waals surface area contributed by atoms with Gasteiger partial charge in [-0.05, 0) is 54.7 Å². The van der Waals surface area contributed by atoms with E-state index in [2.05, 4.69) is 32.6 Å². The molecule has 188 valence electrons. The van der Waals surface area contributed by atoms with E-state index < -0.39 is 5.97 Å². The molecule has 3 aromatic rings. The Hall–Kier alpha value is -3.32. The Balaban J connectivity index is 1.87. The number of phenols is 1. The van der Waals surface area contributed by atoms with Crippen LogP contribution in [0.2, 0.25) is 0 Å². The van der Waals surface area contributed by atoms with Crippen LogP contribution in [-0.2, 0) is 11.3 Å².